The molecule has 3 aromatic carbocycles. The van der Waals surface area contributed by atoms with Crippen molar-refractivity contribution < 1.29 is 28.2 Å². The minimum atomic E-state index is -0.916. The molecule has 0 aromatic heterocycles. The van der Waals surface area contributed by atoms with Crippen molar-refractivity contribution in [2.24, 2.45) is 0 Å². The molecule has 7 nitrogen and oxygen atoms in total. The van der Waals surface area contributed by atoms with Crippen LogP contribution < -0.4 is 4.74 Å². The summed E-state index contributed by atoms with van der Waals surface area (Å²) < 4.78 is 33.3. The SMILES string of the molecule is O=C1c2cccc3cccc(c23)C(=O)N1CCN1CCN(CC(O)COc2c(F)cc(Br)cc2F)CC1. The van der Waals surface area contributed by atoms with E-state index in [1.165, 1.54) is 4.90 Å². The van der Waals surface area contributed by atoms with Gasteiger partial charge < -0.3 is 9.84 Å². The second kappa shape index (κ2) is 10.8. The standard InChI is InChI=1S/C27H26BrF2N3O4/c28-18-13-22(29)25(23(30)14-18)37-16-19(34)15-32-9-7-31(8-10-32)11-12-33-26(35)20-5-1-3-17-4-2-6-21(24(17)20)27(33)36/h1-6,13-14,19,34H,7-12,15-16H2. The van der Waals surface area contributed by atoms with Crippen LogP contribution in [0.25, 0.3) is 10.8 Å². The summed E-state index contributed by atoms with van der Waals surface area (Å²) >= 11 is 3.02. The van der Waals surface area contributed by atoms with E-state index < -0.39 is 23.5 Å². The number of piperazine rings is 1. The van der Waals surface area contributed by atoms with Gasteiger partial charge in [-0.15, -0.1) is 0 Å². The van der Waals surface area contributed by atoms with Crippen molar-refractivity contribution >= 4 is 38.5 Å². The fourth-order valence-corrected chi connectivity index (χ4v) is 5.32. The number of aliphatic hydroxyl groups excluding tert-OH is 1. The highest BCUT2D eigenvalue weighted by Crippen LogP contribution is 2.30. The Bertz CT molecular complexity index is 1270. The third-order valence-electron chi connectivity index (χ3n) is 6.81. The number of hydrogen-bond donors (Lipinski definition) is 1. The number of halogens is 3. The van der Waals surface area contributed by atoms with Gasteiger partial charge in [0.15, 0.2) is 17.4 Å². The van der Waals surface area contributed by atoms with E-state index >= 15 is 0 Å². The number of hydrogen-bond acceptors (Lipinski definition) is 6. The fourth-order valence-electron chi connectivity index (χ4n) is 4.92. The third kappa shape index (κ3) is 5.38. The number of carbonyl (C=O) groups excluding carboxylic acids is 2. The topological polar surface area (TPSA) is 73.3 Å². The van der Waals surface area contributed by atoms with E-state index in [1.54, 1.807) is 12.1 Å². The van der Waals surface area contributed by atoms with Gasteiger partial charge in [0.1, 0.15) is 12.7 Å². The summed E-state index contributed by atoms with van der Waals surface area (Å²) in [6.45, 7) is 3.66. The number of benzene rings is 3. The minimum absolute atomic E-state index is 0.233. The molecule has 0 bridgehead atoms. The third-order valence-corrected chi connectivity index (χ3v) is 7.27. The number of β-amino-alcohol motifs (C(OH)–C–C–N with tert-alkyl or cyclic N) is 1. The Balaban J connectivity index is 1.10. The van der Waals surface area contributed by atoms with Crippen LogP contribution in [0, 0.1) is 11.6 Å². The molecule has 2 aliphatic heterocycles. The Labute approximate surface area is 221 Å². The second-order valence-electron chi connectivity index (χ2n) is 9.28. The molecule has 1 unspecified atom stereocenters. The lowest BCUT2D eigenvalue weighted by Gasteiger charge is -2.36. The highest BCUT2D eigenvalue weighted by molar-refractivity contribution is 9.10. The van der Waals surface area contributed by atoms with Crippen LogP contribution in [0.2, 0.25) is 0 Å². The maximum Gasteiger partial charge on any atom is 0.261 e. The van der Waals surface area contributed by atoms with E-state index in [1.807, 2.05) is 29.2 Å². The molecule has 0 radical (unpaired) electrons. The normalized spacial score (nSPS) is 17.5. The quantitative estimate of drug-likeness (QED) is 0.416. The zero-order valence-electron chi connectivity index (χ0n) is 20.0. The fraction of sp³-hybridized carbons (Fsp3) is 0.333. The summed E-state index contributed by atoms with van der Waals surface area (Å²) in [5.41, 5.74) is 1.10. The van der Waals surface area contributed by atoms with Gasteiger partial charge in [-0.3, -0.25) is 24.3 Å². The van der Waals surface area contributed by atoms with Crippen LogP contribution in [0.1, 0.15) is 20.7 Å². The van der Waals surface area contributed by atoms with Crippen molar-refractivity contribution in [2.75, 3.05) is 52.4 Å². The molecular formula is C27H26BrF2N3O4. The predicted molar refractivity (Wildman–Crippen MR) is 138 cm³/mol. The molecule has 3 aromatic rings. The second-order valence-corrected chi connectivity index (χ2v) is 10.2. The first-order valence-electron chi connectivity index (χ1n) is 12.1. The van der Waals surface area contributed by atoms with Crippen LogP contribution in [0.15, 0.2) is 53.0 Å². The first-order chi connectivity index (χ1) is 17.8. The van der Waals surface area contributed by atoms with Crippen molar-refractivity contribution in [3.8, 4) is 5.75 Å². The zero-order chi connectivity index (χ0) is 26.1. The summed E-state index contributed by atoms with van der Waals surface area (Å²) in [6, 6.07) is 13.2. The lowest BCUT2D eigenvalue weighted by atomic mass is 9.94. The Morgan fingerprint density at radius 3 is 2.05 bits per heavy atom. The number of aliphatic hydroxyl groups is 1. The maximum atomic E-state index is 13.9. The average Bonchev–Trinajstić information content (AvgIpc) is 2.87. The first-order valence-corrected chi connectivity index (χ1v) is 12.9. The lowest BCUT2D eigenvalue weighted by molar-refractivity contribution is 0.0402. The molecule has 0 saturated carbocycles. The minimum Gasteiger partial charge on any atom is -0.485 e. The number of rotatable bonds is 8. The van der Waals surface area contributed by atoms with Gasteiger partial charge in [-0.2, -0.15) is 0 Å². The summed E-state index contributed by atoms with van der Waals surface area (Å²) in [5.74, 6) is -2.71. The van der Waals surface area contributed by atoms with Crippen molar-refractivity contribution in [1.29, 1.82) is 0 Å². The van der Waals surface area contributed by atoms with E-state index in [0.29, 0.717) is 56.9 Å². The van der Waals surface area contributed by atoms with Gasteiger partial charge in [0.2, 0.25) is 0 Å². The van der Waals surface area contributed by atoms with Gasteiger partial charge in [-0.05, 0) is 29.7 Å². The molecule has 10 heteroatoms. The zero-order valence-corrected chi connectivity index (χ0v) is 21.6. The molecule has 5 rings (SSSR count). The molecule has 2 heterocycles. The molecule has 1 fully saturated rings. The molecule has 0 aliphatic carbocycles. The molecule has 2 aliphatic rings. The number of ether oxygens (including phenoxy) is 1. The highest BCUT2D eigenvalue weighted by Gasteiger charge is 2.33. The summed E-state index contributed by atoms with van der Waals surface area (Å²) in [7, 11) is 0. The number of carbonyl (C=O) groups is 2. The number of amides is 2. The molecule has 1 saturated heterocycles. The van der Waals surface area contributed by atoms with Gasteiger partial charge in [0.25, 0.3) is 11.8 Å². The van der Waals surface area contributed by atoms with Crippen LogP contribution in [0.4, 0.5) is 8.78 Å². The number of imide groups is 1. The largest absolute Gasteiger partial charge is 0.485 e. The summed E-state index contributed by atoms with van der Waals surface area (Å²) in [4.78, 5) is 31.7. The summed E-state index contributed by atoms with van der Waals surface area (Å²) in [6.07, 6.45) is -0.916. The molecule has 194 valence electrons. The Morgan fingerprint density at radius 2 is 1.46 bits per heavy atom. The van der Waals surface area contributed by atoms with Crippen molar-refractivity contribution in [3.05, 3.63) is 75.8 Å². The van der Waals surface area contributed by atoms with Crippen LogP contribution >= 0.6 is 15.9 Å². The molecule has 2 amide bonds. The smallest absolute Gasteiger partial charge is 0.261 e. The van der Waals surface area contributed by atoms with E-state index in [0.717, 1.165) is 22.9 Å². The molecule has 1 atom stereocenters. The molecule has 37 heavy (non-hydrogen) atoms. The summed E-state index contributed by atoms with van der Waals surface area (Å²) in [5, 5.41) is 11.9. The van der Waals surface area contributed by atoms with Crippen LogP contribution in [0.5, 0.6) is 5.75 Å². The van der Waals surface area contributed by atoms with E-state index in [-0.39, 0.29) is 22.9 Å². The van der Waals surface area contributed by atoms with Crippen LogP contribution in [-0.4, -0.2) is 90.1 Å². The first kappa shape index (κ1) is 25.7. The monoisotopic (exact) mass is 573 g/mol. The van der Waals surface area contributed by atoms with E-state index in [9.17, 15) is 23.5 Å². The average molecular weight is 574 g/mol. The van der Waals surface area contributed by atoms with Crippen LogP contribution in [0.3, 0.4) is 0 Å². The van der Waals surface area contributed by atoms with Crippen molar-refractivity contribution in [2.45, 2.75) is 6.10 Å². The predicted octanol–water partition coefficient (Wildman–Crippen LogP) is 3.53. The Kier molecular flexibility index (Phi) is 7.52. The van der Waals surface area contributed by atoms with E-state index in [2.05, 4.69) is 20.8 Å². The van der Waals surface area contributed by atoms with Gasteiger partial charge in [0, 0.05) is 66.8 Å². The van der Waals surface area contributed by atoms with Gasteiger partial charge in [-0.1, -0.05) is 40.2 Å². The number of nitrogens with zero attached hydrogens (tertiary/aromatic N) is 3. The Morgan fingerprint density at radius 1 is 0.892 bits per heavy atom. The molecule has 1 N–H and O–H groups in total. The van der Waals surface area contributed by atoms with Gasteiger partial charge in [0.05, 0.1) is 0 Å². The van der Waals surface area contributed by atoms with Gasteiger partial charge in [-0.25, -0.2) is 8.78 Å². The van der Waals surface area contributed by atoms with Crippen molar-refractivity contribution in [1.82, 2.24) is 14.7 Å². The Hall–Kier alpha value is -2.92. The molecule has 0 spiro atoms. The van der Waals surface area contributed by atoms with E-state index in [4.69, 9.17) is 4.74 Å². The lowest BCUT2D eigenvalue weighted by Crippen LogP contribution is -2.51. The van der Waals surface area contributed by atoms with Crippen LogP contribution in [-0.2, 0) is 0 Å². The maximum absolute atomic E-state index is 13.9. The van der Waals surface area contributed by atoms with Gasteiger partial charge >= 0.3 is 0 Å². The molecular weight excluding hydrogens is 548 g/mol. The highest BCUT2D eigenvalue weighted by atomic mass is 79.9. The van der Waals surface area contributed by atoms with Crippen molar-refractivity contribution in [3.63, 3.8) is 0 Å².